The van der Waals surface area contributed by atoms with E-state index in [9.17, 15) is 9.90 Å². The molecule has 2 aromatic carbocycles. The molecular formula is C21H22N2O4. The molecule has 0 saturated heterocycles. The van der Waals surface area contributed by atoms with Crippen LogP contribution in [0.4, 0.5) is 5.69 Å². The molecule has 1 heterocycles. The van der Waals surface area contributed by atoms with Crippen LogP contribution in [0.3, 0.4) is 0 Å². The monoisotopic (exact) mass is 366 g/mol. The van der Waals surface area contributed by atoms with Crippen LogP contribution in [0.1, 0.15) is 41.0 Å². The summed E-state index contributed by atoms with van der Waals surface area (Å²) in [5.41, 5.74) is 9.98. The van der Waals surface area contributed by atoms with E-state index in [-0.39, 0.29) is 19.0 Å². The standard InChI is InChI=1S/C21H22N2O4/c1-21(2)16-8-13(27-10-12(25)9-24)4-6-14(16)19(26)18-15-5-3-11(22)7-17(15)23-20(18)21/h3-8,12,23-25H,9-10,22H2,1-2H3/t12-/m1/s1. The number of benzene rings is 2. The van der Waals surface area contributed by atoms with Gasteiger partial charge in [-0.1, -0.05) is 19.9 Å². The van der Waals surface area contributed by atoms with E-state index in [0.29, 0.717) is 22.6 Å². The summed E-state index contributed by atoms with van der Waals surface area (Å²) < 4.78 is 5.57. The molecule has 0 amide bonds. The van der Waals surface area contributed by atoms with Gasteiger partial charge < -0.3 is 25.7 Å². The number of hydrogen-bond donors (Lipinski definition) is 4. The molecule has 0 radical (unpaired) electrons. The number of nitrogens with one attached hydrogen (secondary N) is 1. The highest BCUT2D eigenvalue weighted by atomic mass is 16.5. The van der Waals surface area contributed by atoms with E-state index in [1.54, 1.807) is 18.2 Å². The molecule has 0 bridgehead atoms. The van der Waals surface area contributed by atoms with Gasteiger partial charge in [-0.05, 0) is 35.9 Å². The van der Waals surface area contributed by atoms with Crippen molar-refractivity contribution >= 4 is 22.4 Å². The number of rotatable bonds is 4. The van der Waals surface area contributed by atoms with Gasteiger partial charge >= 0.3 is 0 Å². The molecule has 0 aliphatic heterocycles. The number of carbonyl (C=O) groups is 1. The maximum Gasteiger partial charge on any atom is 0.195 e. The van der Waals surface area contributed by atoms with E-state index < -0.39 is 11.5 Å². The zero-order valence-electron chi connectivity index (χ0n) is 15.2. The first-order valence-corrected chi connectivity index (χ1v) is 8.85. The summed E-state index contributed by atoms with van der Waals surface area (Å²) in [6, 6.07) is 10.8. The summed E-state index contributed by atoms with van der Waals surface area (Å²) in [5, 5.41) is 19.3. The van der Waals surface area contributed by atoms with Gasteiger partial charge in [0.05, 0.1) is 12.2 Å². The van der Waals surface area contributed by atoms with E-state index in [1.807, 2.05) is 18.2 Å². The normalized spacial score (nSPS) is 16.1. The van der Waals surface area contributed by atoms with Crippen LogP contribution >= 0.6 is 0 Å². The SMILES string of the molecule is CC1(C)c2cc(OC[C@H](O)CO)ccc2C(=O)c2c1[nH]c1cc(N)ccc21. The van der Waals surface area contributed by atoms with Crippen LogP contribution in [-0.2, 0) is 5.41 Å². The van der Waals surface area contributed by atoms with Crippen LogP contribution in [0, 0.1) is 0 Å². The zero-order chi connectivity index (χ0) is 19.3. The number of hydrogen-bond acceptors (Lipinski definition) is 5. The minimum absolute atomic E-state index is 0.0133. The number of carbonyl (C=O) groups excluding carboxylic acids is 1. The molecule has 1 aromatic heterocycles. The van der Waals surface area contributed by atoms with Crippen molar-refractivity contribution in [2.24, 2.45) is 0 Å². The molecule has 27 heavy (non-hydrogen) atoms. The first kappa shape index (κ1) is 17.6. The van der Waals surface area contributed by atoms with Crippen molar-refractivity contribution < 1.29 is 19.7 Å². The van der Waals surface area contributed by atoms with Crippen LogP contribution in [0.5, 0.6) is 5.75 Å². The molecule has 140 valence electrons. The fourth-order valence-electron chi connectivity index (χ4n) is 3.76. The van der Waals surface area contributed by atoms with Crippen LogP contribution in [0.25, 0.3) is 10.9 Å². The molecule has 1 aliphatic carbocycles. The Balaban J connectivity index is 1.83. The zero-order valence-corrected chi connectivity index (χ0v) is 15.2. The number of H-pyrrole nitrogens is 1. The summed E-state index contributed by atoms with van der Waals surface area (Å²) in [4.78, 5) is 16.6. The van der Waals surface area contributed by atoms with E-state index >= 15 is 0 Å². The van der Waals surface area contributed by atoms with Gasteiger partial charge in [0.1, 0.15) is 18.5 Å². The van der Waals surface area contributed by atoms with Gasteiger partial charge in [-0.25, -0.2) is 0 Å². The second-order valence-corrected chi connectivity index (χ2v) is 7.49. The molecule has 4 rings (SSSR count). The fraction of sp³-hybridized carbons (Fsp3) is 0.286. The Morgan fingerprint density at radius 2 is 2.00 bits per heavy atom. The quantitative estimate of drug-likeness (QED) is 0.530. The number of anilines is 1. The predicted octanol–water partition coefficient (Wildman–Crippen LogP) is 2.35. The van der Waals surface area contributed by atoms with Crippen molar-refractivity contribution in [3.8, 4) is 5.75 Å². The molecule has 3 aromatic rings. The van der Waals surface area contributed by atoms with Crippen molar-refractivity contribution in [3.05, 3.63) is 58.8 Å². The number of nitrogens with two attached hydrogens (primary N) is 1. The minimum atomic E-state index is -0.943. The first-order chi connectivity index (χ1) is 12.8. The Labute approximate surface area is 156 Å². The third kappa shape index (κ3) is 2.69. The molecule has 0 spiro atoms. The van der Waals surface area contributed by atoms with Crippen molar-refractivity contribution in [1.82, 2.24) is 4.98 Å². The number of aliphatic hydroxyl groups is 2. The molecular weight excluding hydrogens is 344 g/mol. The van der Waals surface area contributed by atoms with Gasteiger partial charge in [-0.2, -0.15) is 0 Å². The smallest absolute Gasteiger partial charge is 0.195 e. The average Bonchev–Trinajstić information content (AvgIpc) is 3.04. The highest BCUT2D eigenvalue weighted by Crippen LogP contribution is 2.44. The number of ether oxygens (including phenoxy) is 1. The molecule has 1 aliphatic rings. The Bertz CT molecular complexity index is 1050. The molecule has 6 nitrogen and oxygen atoms in total. The lowest BCUT2D eigenvalue weighted by Crippen LogP contribution is -2.30. The molecule has 0 fully saturated rings. The van der Waals surface area contributed by atoms with Crippen LogP contribution < -0.4 is 10.5 Å². The summed E-state index contributed by atoms with van der Waals surface area (Å²) >= 11 is 0. The Morgan fingerprint density at radius 3 is 2.74 bits per heavy atom. The van der Waals surface area contributed by atoms with Gasteiger partial charge in [0.2, 0.25) is 0 Å². The fourth-order valence-corrected chi connectivity index (χ4v) is 3.76. The van der Waals surface area contributed by atoms with Gasteiger partial charge in [-0.15, -0.1) is 0 Å². The number of fused-ring (bicyclic) bond motifs is 4. The molecule has 5 N–H and O–H groups in total. The highest BCUT2D eigenvalue weighted by molar-refractivity contribution is 6.20. The number of aromatic amines is 1. The third-order valence-electron chi connectivity index (χ3n) is 5.24. The number of aromatic nitrogens is 1. The Kier molecular flexibility index (Phi) is 3.98. The Hall–Kier alpha value is -2.83. The number of aliphatic hydroxyl groups excluding tert-OH is 2. The van der Waals surface area contributed by atoms with Gasteiger partial charge in [-0.3, -0.25) is 4.79 Å². The lowest BCUT2D eigenvalue weighted by molar-refractivity contribution is 0.0535. The third-order valence-corrected chi connectivity index (χ3v) is 5.24. The summed E-state index contributed by atoms with van der Waals surface area (Å²) in [7, 11) is 0. The second-order valence-electron chi connectivity index (χ2n) is 7.49. The Morgan fingerprint density at radius 1 is 1.22 bits per heavy atom. The molecule has 0 saturated carbocycles. The van der Waals surface area contributed by atoms with Gasteiger partial charge in [0.25, 0.3) is 0 Å². The van der Waals surface area contributed by atoms with Crippen molar-refractivity contribution in [1.29, 1.82) is 0 Å². The maximum atomic E-state index is 13.2. The molecule has 0 unspecified atom stereocenters. The van der Waals surface area contributed by atoms with E-state index in [4.69, 9.17) is 15.6 Å². The van der Waals surface area contributed by atoms with Gasteiger partial charge in [0.15, 0.2) is 5.78 Å². The van der Waals surface area contributed by atoms with Crippen molar-refractivity contribution in [3.63, 3.8) is 0 Å². The maximum absolute atomic E-state index is 13.2. The van der Waals surface area contributed by atoms with E-state index in [0.717, 1.165) is 22.2 Å². The number of ketones is 1. The number of nitrogen functional groups attached to an aromatic ring is 1. The van der Waals surface area contributed by atoms with Crippen LogP contribution in [0.2, 0.25) is 0 Å². The second kappa shape index (κ2) is 6.11. The highest BCUT2D eigenvalue weighted by Gasteiger charge is 2.39. The van der Waals surface area contributed by atoms with Crippen molar-refractivity contribution in [2.75, 3.05) is 18.9 Å². The van der Waals surface area contributed by atoms with Gasteiger partial charge in [0, 0.05) is 33.3 Å². The van der Waals surface area contributed by atoms with Crippen LogP contribution in [-0.4, -0.2) is 40.3 Å². The van der Waals surface area contributed by atoms with Crippen molar-refractivity contribution in [2.45, 2.75) is 25.4 Å². The molecule has 1 atom stereocenters. The lowest BCUT2D eigenvalue weighted by Gasteiger charge is -2.32. The van der Waals surface area contributed by atoms with Crippen LogP contribution in [0.15, 0.2) is 36.4 Å². The largest absolute Gasteiger partial charge is 0.491 e. The first-order valence-electron chi connectivity index (χ1n) is 8.85. The predicted molar refractivity (Wildman–Crippen MR) is 103 cm³/mol. The average molecular weight is 366 g/mol. The lowest BCUT2D eigenvalue weighted by atomic mass is 9.71. The van der Waals surface area contributed by atoms with E-state index in [2.05, 4.69) is 18.8 Å². The summed E-state index contributed by atoms with van der Waals surface area (Å²) in [5.74, 6) is 0.517. The summed E-state index contributed by atoms with van der Waals surface area (Å²) in [6.45, 7) is 3.74. The molecule has 6 heteroatoms. The topological polar surface area (TPSA) is 109 Å². The summed E-state index contributed by atoms with van der Waals surface area (Å²) in [6.07, 6.45) is -0.943. The van der Waals surface area contributed by atoms with E-state index in [1.165, 1.54) is 0 Å². The minimum Gasteiger partial charge on any atom is -0.491 e.